The number of hydrogen-bond acceptors (Lipinski definition) is 3. The molecule has 0 radical (unpaired) electrons. The molecule has 0 amide bonds. The molecule has 78 valence electrons. The molecule has 2 aromatic heterocycles. The summed E-state index contributed by atoms with van der Waals surface area (Å²) in [5.41, 5.74) is 1.01. The van der Waals surface area contributed by atoms with E-state index in [0.717, 1.165) is 6.20 Å². The summed E-state index contributed by atoms with van der Waals surface area (Å²) < 4.78 is 17.9. The van der Waals surface area contributed by atoms with Crippen LogP contribution in [0.25, 0.3) is 0 Å². The van der Waals surface area contributed by atoms with Crippen molar-refractivity contribution in [2.45, 2.75) is 13.0 Å². The first-order valence-corrected chi connectivity index (χ1v) is 4.50. The Kier molecular flexibility index (Phi) is 2.51. The summed E-state index contributed by atoms with van der Waals surface area (Å²) in [6.07, 6.45) is 3.07. The Labute approximate surface area is 86.2 Å². The third kappa shape index (κ3) is 2.05. The molecule has 2 aromatic rings. The second-order valence-corrected chi connectivity index (χ2v) is 3.33. The standard InChI is InChI=1S/C11H10FNO2/c1-7-2-9(6-15-7)11(14)8-3-10(12)5-13-4-8/h2-6,11,14H,1H3. The Morgan fingerprint density at radius 2 is 2.13 bits per heavy atom. The van der Waals surface area contributed by atoms with E-state index in [1.54, 1.807) is 13.0 Å². The van der Waals surface area contributed by atoms with E-state index in [-0.39, 0.29) is 0 Å². The molecule has 1 unspecified atom stereocenters. The average molecular weight is 207 g/mol. The molecule has 0 spiro atoms. The number of rotatable bonds is 2. The van der Waals surface area contributed by atoms with Crippen LogP contribution in [0.1, 0.15) is 23.0 Å². The summed E-state index contributed by atoms with van der Waals surface area (Å²) in [4.78, 5) is 3.67. The zero-order valence-corrected chi connectivity index (χ0v) is 8.14. The number of hydrogen-bond donors (Lipinski definition) is 1. The van der Waals surface area contributed by atoms with Crippen molar-refractivity contribution < 1.29 is 13.9 Å². The summed E-state index contributed by atoms with van der Waals surface area (Å²) in [6, 6.07) is 2.95. The lowest BCUT2D eigenvalue weighted by Crippen LogP contribution is -1.99. The highest BCUT2D eigenvalue weighted by molar-refractivity contribution is 5.26. The lowest BCUT2D eigenvalue weighted by Gasteiger charge is -2.07. The van der Waals surface area contributed by atoms with Crippen molar-refractivity contribution in [1.82, 2.24) is 4.98 Å². The molecule has 0 aliphatic heterocycles. The van der Waals surface area contributed by atoms with E-state index in [2.05, 4.69) is 4.98 Å². The van der Waals surface area contributed by atoms with Crippen molar-refractivity contribution in [3.8, 4) is 0 Å². The molecule has 1 atom stereocenters. The van der Waals surface area contributed by atoms with Crippen molar-refractivity contribution in [3.05, 3.63) is 53.5 Å². The maximum absolute atomic E-state index is 12.9. The van der Waals surface area contributed by atoms with Gasteiger partial charge in [-0.05, 0) is 19.1 Å². The van der Waals surface area contributed by atoms with Gasteiger partial charge in [0, 0.05) is 17.3 Å². The fourth-order valence-electron chi connectivity index (χ4n) is 1.38. The highest BCUT2D eigenvalue weighted by Crippen LogP contribution is 2.23. The average Bonchev–Trinajstić information content (AvgIpc) is 2.64. The first kappa shape index (κ1) is 9.86. The second-order valence-electron chi connectivity index (χ2n) is 3.33. The molecule has 0 aliphatic carbocycles. The van der Waals surface area contributed by atoms with Gasteiger partial charge in [0.2, 0.25) is 0 Å². The minimum atomic E-state index is -0.898. The van der Waals surface area contributed by atoms with Crippen LogP contribution in [0, 0.1) is 12.7 Å². The number of aliphatic hydroxyl groups is 1. The topological polar surface area (TPSA) is 46.3 Å². The Hall–Kier alpha value is -1.68. The smallest absolute Gasteiger partial charge is 0.141 e. The largest absolute Gasteiger partial charge is 0.469 e. The van der Waals surface area contributed by atoms with Gasteiger partial charge >= 0.3 is 0 Å². The van der Waals surface area contributed by atoms with Gasteiger partial charge in [-0.2, -0.15) is 0 Å². The highest BCUT2D eigenvalue weighted by Gasteiger charge is 2.13. The Morgan fingerprint density at radius 1 is 1.33 bits per heavy atom. The summed E-state index contributed by atoms with van der Waals surface area (Å²) in [6.45, 7) is 1.78. The lowest BCUT2D eigenvalue weighted by atomic mass is 10.1. The molecule has 3 nitrogen and oxygen atoms in total. The van der Waals surface area contributed by atoms with Gasteiger partial charge in [-0.3, -0.25) is 4.98 Å². The molecule has 2 heterocycles. The van der Waals surface area contributed by atoms with Crippen LogP contribution in [0.2, 0.25) is 0 Å². The molecule has 0 saturated heterocycles. The van der Waals surface area contributed by atoms with Crippen molar-refractivity contribution in [1.29, 1.82) is 0 Å². The molecule has 0 aromatic carbocycles. The molecule has 0 aliphatic rings. The number of aliphatic hydroxyl groups excluding tert-OH is 1. The summed E-state index contributed by atoms with van der Waals surface area (Å²) >= 11 is 0. The monoisotopic (exact) mass is 207 g/mol. The van der Waals surface area contributed by atoms with Gasteiger partial charge in [0.1, 0.15) is 17.7 Å². The number of pyridine rings is 1. The molecule has 0 fully saturated rings. The van der Waals surface area contributed by atoms with Crippen LogP contribution < -0.4 is 0 Å². The Bertz CT molecular complexity index is 467. The molecule has 2 rings (SSSR count). The SMILES string of the molecule is Cc1cc(C(O)c2cncc(F)c2)co1. The number of aryl methyl sites for hydroxylation is 1. The summed E-state index contributed by atoms with van der Waals surface area (Å²) in [5.74, 6) is 0.236. The van der Waals surface area contributed by atoms with E-state index in [0.29, 0.717) is 16.9 Å². The molecule has 0 bridgehead atoms. The fraction of sp³-hybridized carbons (Fsp3) is 0.182. The van der Waals surface area contributed by atoms with E-state index in [1.165, 1.54) is 18.5 Å². The van der Waals surface area contributed by atoms with Crippen molar-refractivity contribution in [2.75, 3.05) is 0 Å². The predicted molar refractivity (Wildman–Crippen MR) is 51.7 cm³/mol. The lowest BCUT2D eigenvalue weighted by molar-refractivity contribution is 0.218. The zero-order valence-electron chi connectivity index (χ0n) is 8.14. The normalized spacial score (nSPS) is 12.7. The fourth-order valence-corrected chi connectivity index (χ4v) is 1.38. The van der Waals surface area contributed by atoms with Crippen LogP contribution in [0.5, 0.6) is 0 Å². The van der Waals surface area contributed by atoms with Crippen LogP contribution >= 0.6 is 0 Å². The van der Waals surface area contributed by atoms with E-state index in [9.17, 15) is 9.50 Å². The number of furan rings is 1. The second kappa shape index (κ2) is 3.82. The van der Waals surface area contributed by atoms with E-state index >= 15 is 0 Å². The van der Waals surface area contributed by atoms with E-state index in [4.69, 9.17) is 4.42 Å². The minimum Gasteiger partial charge on any atom is -0.469 e. The molecular formula is C11H10FNO2. The third-order valence-electron chi connectivity index (χ3n) is 2.11. The van der Waals surface area contributed by atoms with Crippen LogP contribution in [0.15, 0.2) is 35.2 Å². The maximum Gasteiger partial charge on any atom is 0.141 e. The van der Waals surface area contributed by atoms with Gasteiger partial charge in [0.25, 0.3) is 0 Å². The van der Waals surface area contributed by atoms with Crippen molar-refractivity contribution in [3.63, 3.8) is 0 Å². The van der Waals surface area contributed by atoms with Crippen LogP contribution in [-0.2, 0) is 0 Å². The first-order valence-electron chi connectivity index (χ1n) is 4.50. The Morgan fingerprint density at radius 3 is 2.73 bits per heavy atom. The van der Waals surface area contributed by atoms with Gasteiger partial charge in [0.05, 0.1) is 12.5 Å². The van der Waals surface area contributed by atoms with Crippen LogP contribution in [-0.4, -0.2) is 10.1 Å². The van der Waals surface area contributed by atoms with Crippen LogP contribution in [0.4, 0.5) is 4.39 Å². The highest BCUT2D eigenvalue weighted by atomic mass is 19.1. The van der Waals surface area contributed by atoms with Crippen molar-refractivity contribution in [2.24, 2.45) is 0 Å². The third-order valence-corrected chi connectivity index (χ3v) is 2.11. The quantitative estimate of drug-likeness (QED) is 0.821. The maximum atomic E-state index is 12.9. The molecular weight excluding hydrogens is 197 g/mol. The number of nitrogens with zero attached hydrogens (tertiary/aromatic N) is 1. The predicted octanol–water partition coefficient (Wildman–Crippen LogP) is 2.20. The minimum absolute atomic E-state index is 0.413. The first-order chi connectivity index (χ1) is 7.16. The molecule has 15 heavy (non-hydrogen) atoms. The van der Waals surface area contributed by atoms with Crippen LogP contribution in [0.3, 0.4) is 0 Å². The zero-order chi connectivity index (χ0) is 10.8. The van der Waals surface area contributed by atoms with E-state index in [1.807, 2.05) is 0 Å². The Balaban J connectivity index is 2.32. The van der Waals surface area contributed by atoms with Gasteiger partial charge in [-0.25, -0.2) is 4.39 Å². The van der Waals surface area contributed by atoms with E-state index < -0.39 is 11.9 Å². The summed E-state index contributed by atoms with van der Waals surface area (Å²) in [7, 11) is 0. The number of halogens is 1. The molecule has 4 heteroatoms. The molecule has 1 N–H and O–H groups in total. The summed E-state index contributed by atoms with van der Waals surface area (Å²) in [5, 5.41) is 9.86. The van der Waals surface area contributed by atoms with Gasteiger partial charge in [-0.15, -0.1) is 0 Å². The van der Waals surface area contributed by atoms with Gasteiger partial charge in [-0.1, -0.05) is 0 Å². The molecule has 0 saturated carbocycles. The number of aromatic nitrogens is 1. The van der Waals surface area contributed by atoms with Gasteiger partial charge in [0.15, 0.2) is 0 Å². The van der Waals surface area contributed by atoms with Gasteiger partial charge < -0.3 is 9.52 Å². The van der Waals surface area contributed by atoms with Crippen molar-refractivity contribution >= 4 is 0 Å².